The molecule has 0 unspecified atom stereocenters. The number of anilines is 2. The summed E-state index contributed by atoms with van der Waals surface area (Å²) < 4.78 is 0. The van der Waals surface area contributed by atoms with Crippen molar-refractivity contribution < 1.29 is 0 Å². The van der Waals surface area contributed by atoms with Gasteiger partial charge >= 0.3 is 0 Å². The van der Waals surface area contributed by atoms with Gasteiger partial charge < -0.3 is 10.2 Å². The third-order valence-electron chi connectivity index (χ3n) is 2.81. The highest BCUT2D eigenvalue weighted by molar-refractivity contribution is 5.58. The first-order valence-electron chi connectivity index (χ1n) is 5.63. The van der Waals surface area contributed by atoms with Crippen LogP contribution in [0.3, 0.4) is 0 Å². The highest BCUT2D eigenvalue weighted by Gasteiger charge is 2.17. The second kappa shape index (κ2) is 4.47. The normalized spacial score (nSPS) is 15.7. The van der Waals surface area contributed by atoms with E-state index in [1.807, 2.05) is 0 Å². The van der Waals surface area contributed by atoms with Crippen molar-refractivity contribution in [1.29, 1.82) is 0 Å². The van der Waals surface area contributed by atoms with Gasteiger partial charge in [0.2, 0.25) is 0 Å². The standard InChI is InChI=1S/C11H18N4/c1-3-12-10-9(2)11(14-8-13-10)15-6-4-5-7-15/h8H,3-7H2,1-2H3,(H,12,13,14). The van der Waals surface area contributed by atoms with E-state index in [9.17, 15) is 0 Å². The molecule has 0 saturated carbocycles. The van der Waals surface area contributed by atoms with Gasteiger partial charge in [0.25, 0.3) is 0 Å². The molecule has 2 rings (SSSR count). The molecular formula is C11H18N4. The van der Waals surface area contributed by atoms with Crippen LogP contribution >= 0.6 is 0 Å². The van der Waals surface area contributed by atoms with Gasteiger partial charge in [-0.1, -0.05) is 0 Å². The van der Waals surface area contributed by atoms with E-state index >= 15 is 0 Å². The van der Waals surface area contributed by atoms with E-state index in [1.54, 1.807) is 6.33 Å². The minimum Gasteiger partial charge on any atom is -0.370 e. The molecule has 0 atom stereocenters. The van der Waals surface area contributed by atoms with Gasteiger partial charge in [-0.15, -0.1) is 0 Å². The van der Waals surface area contributed by atoms with Crippen molar-refractivity contribution >= 4 is 11.6 Å². The highest BCUT2D eigenvalue weighted by atomic mass is 15.2. The number of nitrogens with zero attached hydrogens (tertiary/aromatic N) is 3. The largest absolute Gasteiger partial charge is 0.370 e. The van der Waals surface area contributed by atoms with Gasteiger partial charge in [-0.2, -0.15) is 0 Å². The lowest BCUT2D eigenvalue weighted by Gasteiger charge is -2.19. The second-order valence-electron chi connectivity index (χ2n) is 3.90. The maximum absolute atomic E-state index is 4.38. The Labute approximate surface area is 90.7 Å². The van der Waals surface area contributed by atoms with Gasteiger partial charge in [-0.3, -0.25) is 0 Å². The summed E-state index contributed by atoms with van der Waals surface area (Å²) in [6, 6.07) is 0. The molecule has 4 nitrogen and oxygen atoms in total. The first kappa shape index (κ1) is 10.2. The van der Waals surface area contributed by atoms with E-state index in [4.69, 9.17) is 0 Å². The lowest BCUT2D eigenvalue weighted by molar-refractivity contribution is 0.914. The van der Waals surface area contributed by atoms with Crippen molar-refractivity contribution in [3.05, 3.63) is 11.9 Å². The number of rotatable bonds is 3. The maximum Gasteiger partial charge on any atom is 0.137 e. The van der Waals surface area contributed by atoms with Gasteiger partial charge in [-0.05, 0) is 26.7 Å². The Kier molecular flexibility index (Phi) is 3.04. The zero-order valence-electron chi connectivity index (χ0n) is 9.45. The predicted octanol–water partition coefficient (Wildman–Crippen LogP) is 1.82. The predicted molar refractivity (Wildman–Crippen MR) is 62.4 cm³/mol. The van der Waals surface area contributed by atoms with E-state index in [-0.39, 0.29) is 0 Å². The van der Waals surface area contributed by atoms with Crippen molar-refractivity contribution in [2.75, 3.05) is 29.9 Å². The minimum absolute atomic E-state index is 0.900. The average molecular weight is 206 g/mol. The fourth-order valence-corrected chi connectivity index (χ4v) is 2.03. The lowest BCUT2D eigenvalue weighted by atomic mass is 10.3. The summed E-state index contributed by atoms with van der Waals surface area (Å²) in [7, 11) is 0. The van der Waals surface area contributed by atoms with Gasteiger partial charge in [0.1, 0.15) is 18.0 Å². The molecule has 82 valence electrons. The fraction of sp³-hybridized carbons (Fsp3) is 0.636. The summed E-state index contributed by atoms with van der Waals surface area (Å²) in [6.45, 7) is 7.33. The molecule has 1 fully saturated rings. The van der Waals surface area contributed by atoms with Crippen LogP contribution < -0.4 is 10.2 Å². The smallest absolute Gasteiger partial charge is 0.137 e. The molecule has 0 aromatic carbocycles. The maximum atomic E-state index is 4.38. The molecular weight excluding hydrogens is 188 g/mol. The van der Waals surface area contributed by atoms with Crippen LogP contribution in [0.5, 0.6) is 0 Å². The third-order valence-corrected chi connectivity index (χ3v) is 2.81. The summed E-state index contributed by atoms with van der Waals surface area (Å²) >= 11 is 0. The molecule has 2 heterocycles. The molecule has 1 aliphatic rings. The number of hydrogen-bond donors (Lipinski definition) is 1. The van der Waals surface area contributed by atoms with E-state index < -0.39 is 0 Å². The Bertz CT molecular complexity index is 331. The van der Waals surface area contributed by atoms with Gasteiger partial charge in [0, 0.05) is 25.2 Å². The Morgan fingerprint density at radius 1 is 1.33 bits per heavy atom. The van der Waals surface area contributed by atoms with Gasteiger partial charge in [0.05, 0.1) is 0 Å². The molecule has 0 amide bonds. The number of aromatic nitrogens is 2. The van der Waals surface area contributed by atoms with Crippen molar-refractivity contribution in [3.63, 3.8) is 0 Å². The first-order valence-corrected chi connectivity index (χ1v) is 5.63. The number of nitrogens with one attached hydrogen (secondary N) is 1. The summed E-state index contributed by atoms with van der Waals surface area (Å²) in [5, 5.41) is 3.26. The lowest BCUT2D eigenvalue weighted by Crippen LogP contribution is -2.21. The molecule has 4 heteroatoms. The molecule has 1 aliphatic heterocycles. The van der Waals surface area contributed by atoms with Crippen molar-refractivity contribution in [3.8, 4) is 0 Å². The van der Waals surface area contributed by atoms with Crippen molar-refractivity contribution in [2.24, 2.45) is 0 Å². The van der Waals surface area contributed by atoms with Gasteiger partial charge in [-0.25, -0.2) is 9.97 Å². The van der Waals surface area contributed by atoms with Crippen LogP contribution in [-0.4, -0.2) is 29.6 Å². The Balaban J connectivity index is 2.26. The Hall–Kier alpha value is -1.32. The average Bonchev–Trinajstić information content (AvgIpc) is 2.74. The summed E-state index contributed by atoms with van der Waals surface area (Å²) in [4.78, 5) is 11.0. The van der Waals surface area contributed by atoms with E-state index in [2.05, 4.69) is 34.0 Å². The molecule has 0 spiro atoms. The van der Waals surface area contributed by atoms with Crippen molar-refractivity contribution in [1.82, 2.24) is 9.97 Å². The monoisotopic (exact) mass is 206 g/mol. The zero-order valence-corrected chi connectivity index (χ0v) is 9.45. The molecule has 0 aliphatic carbocycles. The van der Waals surface area contributed by atoms with Crippen LogP contribution in [-0.2, 0) is 0 Å². The van der Waals surface area contributed by atoms with Crippen molar-refractivity contribution in [2.45, 2.75) is 26.7 Å². The van der Waals surface area contributed by atoms with Crippen LogP contribution in [0.4, 0.5) is 11.6 Å². The molecule has 15 heavy (non-hydrogen) atoms. The molecule has 0 radical (unpaired) electrons. The van der Waals surface area contributed by atoms with Crippen LogP contribution in [0.1, 0.15) is 25.3 Å². The topological polar surface area (TPSA) is 41.1 Å². The molecule has 0 bridgehead atoms. The summed E-state index contributed by atoms with van der Waals surface area (Å²) in [5.41, 5.74) is 1.17. The summed E-state index contributed by atoms with van der Waals surface area (Å²) in [6.07, 6.45) is 4.21. The highest BCUT2D eigenvalue weighted by Crippen LogP contribution is 2.24. The second-order valence-corrected chi connectivity index (χ2v) is 3.90. The van der Waals surface area contributed by atoms with Crippen LogP contribution in [0.2, 0.25) is 0 Å². The SMILES string of the molecule is CCNc1ncnc(N2CCCC2)c1C. The third kappa shape index (κ3) is 2.03. The Morgan fingerprint density at radius 3 is 2.73 bits per heavy atom. The molecule has 1 aromatic heterocycles. The van der Waals surface area contributed by atoms with E-state index in [0.29, 0.717) is 0 Å². The van der Waals surface area contributed by atoms with E-state index in [1.165, 1.54) is 18.4 Å². The molecule has 1 aromatic rings. The van der Waals surface area contributed by atoms with Gasteiger partial charge in [0.15, 0.2) is 0 Å². The van der Waals surface area contributed by atoms with Crippen LogP contribution in [0.25, 0.3) is 0 Å². The van der Waals surface area contributed by atoms with Crippen LogP contribution in [0, 0.1) is 6.92 Å². The molecule has 1 saturated heterocycles. The zero-order chi connectivity index (χ0) is 10.7. The van der Waals surface area contributed by atoms with E-state index in [0.717, 1.165) is 31.3 Å². The summed E-state index contributed by atoms with van der Waals surface area (Å²) in [5.74, 6) is 2.06. The number of hydrogen-bond acceptors (Lipinski definition) is 4. The fourth-order valence-electron chi connectivity index (χ4n) is 2.03. The minimum atomic E-state index is 0.900. The Morgan fingerprint density at radius 2 is 2.07 bits per heavy atom. The quantitative estimate of drug-likeness (QED) is 0.819. The first-order chi connectivity index (χ1) is 7.33. The van der Waals surface area contributed by atoms with Crippen LogP contribution in [0.15, 0.2) is 6.33 Å². The molecule has 1 N–H and O–H groups in total.